The van der Waals surface area contributed by atoms with E-state index in [-0.39, 0.29) is 11.6 Å². The monoisotopic (exact) mass is 264 g/mol. The molecule has 1 aromatic carbocycles. The maximum atomic E-state index is 5.86. The molecule has 1 aliphatic heterocycles. The van der Waals surface area contributed by atoms with Gasteiger partial charge in [-0.1, -0.05) is 23.8 Å². The maximum absolute atomic E-state index is 5.86. The molecule has 106 valence electrons. The van der Waals surface area contributed by atoms with Crippen LogP contribution in [-0.2, 0) is 9.47 Å². The van der Waals surface area contributed by atoms with Crippen LogP contribution >= 0.6 is 0 Å². The molecule has 1 aromatic rings. The van der Waals surface area contributed by atoms with Crippen molar-refractivity contribution in [3.8, 4) is 0 Å². The van der Waals surface area contributed by atoms with Gasteiger partial charge in [0.05, 0.1) is 11.6 Å². The SMILES string of the molecule is COC1(C(NN)c2cc(C)ccc2C)CCOCC1. The number of aryl methyl sites for hydroxylation is 2. The van der Waals surface area contributed by atoms with Crippen LogP contribution in [0, 0.1) is 13.8 Å². The largest absolute Gasteiger partial charge is 0.381 e. The number of methoxy groups -OCH3 is 1. The predicted molar refractivity (Wildman–Crippen MR) is 75.8 cm³/mol. The molecule has 4 heteroatoms. The quantitative estimate of drug-likeness (QED) is 0.645. The summed E-state index contributed by atoms with van der Waals surface area (Å²) >= 11 is 0. The zero-order valence-electron chi connectivity index (χ0n) is 12.0. The number of hydrogen-bond donors (Lipinski definition) is 2. The number of rotatable bonds is 4. The van der Waals surface area contributed by atoms with E-state index in [9.17, 15) is 0 Å². The summed E-state index contributed by atoms with van der Waals surface area (Å²) < 4.78 is 11.3. The van der Waals surface area contributed by atoms with Crippen molar-refractivity contribution < 1.29 is 9.47 Å². The Balaban J connectivity index is 2.39. The summed E-state index contributed by atoms with van der Waals surface area (Å²) in [5.41, 5.74) is 6.36. The van der Waals surface area contributed by atoms with Crippen LogP contribution in [0.15, 0.2) is 18.2 Å². The first kappa shape index (κ1) is 14.5. The molecule has 19 heavy (non-hydrogen) atoms. The fourth-order valence-corrected chi connectivity index (χ4v) is 2.92. The Labute approximate surface area is 115 Å². The normalized spacial score (nSPS) is 20.2. The van der Waals surface area contributed by atoms with Gasteiger partial charge >= 0.3 is 0 Å². The van der Waals surface area contributed by atoms with Crippen molar-refractivity contribution in [2.75, 3.05) is 20.3 Å². The third-order valence-electron chi connectivity index (χ3n) is 4.18. The van der Waals surface area contributed by atoms with Crippen molar-refractivity contribution in [3.05, 3.63) is 34.9 Å². The lowest BCUT2D eigenvalue weighted by molar-refractivity contribution is -0.111. The molecule has 1 atom stereocenters. The van der Waals surface area contributed by atoms with E-state index in [1.165, 1.54) is 16.7 Å². The molecule has 1 unspecified atom stereocenters. The Bertz CT molecular complexity index is 428. The minimum atomic E-state index is -0.286. The molecular weight excluding hydrogens is 240 g/mol. The Morgan fingerprint density at radius 1 is 1.32 bits per heavy atom. The van der Waals surface area contributed by atoms with Crippen LogP contribution in [0.2, 0.25) is 0 Å². The van der Waals surface area contributed by atoms with E-state index >= 15 is 0 Å². The highest BCUT2D eigenvalue weighted by Gasteiger charge is 2.41. The second-order valence-corrected chi connectivity index (χ2v) is 5.34. The lowest BCUT2D eigenvalue weighted by atomic mass is 9.80. The van der Waals surface area contributed by atoms with Gasteiger partial charge in [-0.25, -0.2) is 0 Å². The second kappa shape index (κ2) is 6.01. The highest BCUT2D eigenvalue weighted by atomic mass is 16.5. The fourth-order valence-electron chi connectivity index (χ4n) is 2.92. The molecule has 1 heterocycles. The van der Waals surface area contributed by atoms with Gasteiger partial charge < -0.3 is 9.47 Å². The van der Waals surface area contributed by atoms with Crippen LogP contribution in [0.5, 0.6) is 0 Å². The molecule has 0 radical (unpaired) electrons. The molecule has 0 saturated carbocycles. The average molecular weight is 264 g/mol. The third kappa shape index (κ3) is 2.82. The predicted octanol–water partition coefficient (Wildman–Crippen LogP) is 2.00. The molecule has 0 bridgehead atoms. The van der Waals surface area contributed by atoms with Crippen LogP contribution in [0.1, 0.15) is 35.6 Å². The van der Waals surface area contributed by atoms with E-state index in [0.29, 0.717) is 0 Å². The highest BCUT2D eigenvalue weighted by molar-refractivity contribution is 5.35. The van der Waals surface area contributed by atoms with Crippen molar-refractivity contribution in [1.82, 2.24) is 5.43 Å². The Hall–Kier alpha value is -0.940. The van der Waals surface area contributed by atoms with Crippen molar-refractivity contribution in [2.45, 2.75) is 38.3 Å². The molecule has 1 saturated heterocycles. The Morgan fingerprint density at radius 3 is 2.58 bits per heavy atom. The Morgan fingerprint density at radius 2 is 2.00 bits per heavy atom. The minimum Gasteiger partial charge on any atom is -0.381 e. The second-order valence-electron chi connectivity index (χ2n) is 5.34. The van der Waals surface area contributed by atoms with E-state index in [2.05, 4.69) is 37.5 Å². The first-order valence-electron chi connectivity index (χ1n) is 6.79. The van der Waals surface area contributed by atoms with Gasteiger partial charge in [-0.3, -0.25) is 11.3 Å². The molecule has 3 N–H and O–H groups in total. The molecular formula is C15H24N2O2. The summed E-state index contributed by atoms with van der Waals surface area (Å²) in [6.07, 6.45) is 1.71. The fraction of sp³-hybridized carbons (Fsp3) is 0.600. The highest BCUT2D eigenvalue weighted by Crippen LogP contribution is 2.38. The lowest BCUT2D eigenvalue weighted by Crippen LogP contribution is -2.51. The van der Waals surface area contributed by atoms with Crippen LogP contribution in [0.4, 0.5) is 0 Å². The van der Waals surface area contributed by atoms with Gasteiger partial charge in [0.15, 0.2) is 0 Å². The summed E-state index contributed by atoms with van der Waals surface area (Å²) in [6.45, 7) is 5.65. The van der Waals surface area contributed by atoms with Crippen molar-refractivity contribution in [2.24, 2.45) is 5.84 Å². The molecule has 0 spiro atoms. The minimum absolute atomic E-state index is 0.0127. The standard InChI is InChI=1S/C15H24N2O2/c1-11-4-5-12(2)13(10-11)14(17-16)15(18-3)6-8-19-9-7-15/h4-5,10,14,17H,6-9,16H2,1-3H3. The summed E-state index contributed by atoms with van der Waals surface area (Å²) in [4.78, 5) is 0. The van der Waals surface area contributed by atoms with Crippen LogP contribution in [-0.4, -0.2) is 25.9 Å². The average Bonchev–Trinajstić information content (AvgIpc) is 2.44. The van der Waals surface area contributed by atoms with Gasteiger partial charge in [0, 0.05) is 33.2 Å². The summed E-state index contributed by atoms with van der Waals surface area (Å²) in [6, 6.07) is 6.44. The molecule has 2 rings (SSSR count). The van der Waals surface area contributed by atoms with Gasteiger partial charge in [-0.05, 0) is 25.0 Å². The van der Waals surface area contributed by atoms with Gasteiger partial charge in [0.2, 0.25) is 0 Å². The van der Waals surface area contributed by atoms with Gasteiger partial charge in [-0.2, -0.15) is 0 Å². The molecule has 1 fully saturated rings. The first-order chi connectivity index (χ1) is 9.13. The van der Waals surface area contributed by atoms with Crippen LogP contribution in [0.3, 0.4) is 0 Å². The topological polar surface area (TPSA) is 56.5 Å². The van der Waals surface area contributed by atoms with Crippen molar-refractivity contribution in [1.29, 1.82) is 0 Å². The Kier molecular flexibility index (Phi) is 4.58. The van der Waals surface area contributed by atoms with Crippen molar-refractivity contribution >= 4 is 0 Å². The molecule has 4 nitrogen and oxygen atoms in total. The molecule has 1 aliphatic rings. The molecule has 0 amide bonds. The smallest absolute Gasteiger partial charge is 0.0929 e. The lowest BCUT2D eigenvalue weighted by Gasteiger charge is -2.42. The zero-order chi connectivity index (χ0) is 13.9. The number of benzene rings is 1. The summed E-state index contributed by atoms with van der Waals surface area (Å²) in [5.74, 6) is 5.84. The summed E-state index contributed by atoms with van der Waals surface area (Å²) in [5, 5.41) is 0. The van der Waals surface area contributed by atoms with Crippen molar-refractivity contribution in [3.63, 3.8) is 0 Å². The van der Waals surface area contributed by atoms with Gasteiger partial charge in [0.25, 0.3) is 0 Å². The molecule has 0 aliphatic carbocycles. The zero-order valence-corrected chi connectivity index (χ0v) is 12.0. The van der Waals surface area contributed by atoms with E-state index in [1.807, 2.05) is 0 Å². The van der Waals surface area contributed by atoms with E-state index in [4.69, 9.17) is 15.3 Å². The number of ether oxygens (including phenoxy) is 2. The molecule has 0 aromatic heterocycles. The van der Waals surface area contributed by atoms with Crippen LogP contribution in [0.25, 0.3) is 0 Å². The van der Waals surface area contributed by atoms with Gasteiger partial charge in [0.1, 0.15) is 0 Å². The van der Waals surface area contributed by atoms with E-state index in [1.54, 1.807) is 7.11 Å². The summed E-state index contributed by atoms with van der Waals surface area (Å²) in [7, 11) is 1.76. The van der Waals surface area contributed by atoms with Gasteiger partial charge in [-0.15, -0.1) is 0 Å². The number of nitrogens with one attached hydrogen (secondary N) is 1. The van der Waals surface area contributed by atoms with Crippen LogP contribution < -0.4 is 11.3 Å². The first-order valence-corrected chi connectivity index (χ1v) is 6.79. The van der Waals surface area contributed by atoms with E-state index < -0.39 is 0 Å². The number of hydrazine groups is 1. The maximum Gasteiger partial charge on any atom is 0.0929 e. The number of hydrogen-bond acceptors (Lipinski definition) is 4. The van der Waals surface area contributed by atoms with E-state index in [0.717, 1.165) is 26.1 Å². The number of nitrogens with two attached hydrogens (primary N) is 1. The third-order valence-corrected chi connectivity index (χ3v) is 4.18.